The molecule has 1 aromatic heterocycles. The van der Waals surface area contributed by atoms with Crippen LogP contribution in [0.4, 0.5) is 0 Å². The van der Waals surface area contributed by atoms with E-state index < -0.39 is 5.91 Å². The lowest BCUT2D eigenvalue weighted by Gasteiger charge is -1.99. The van der Waals surface area contributed by atoms with E-state index in [0.29, 0.717) is 5.56 Å². The normalized spacial score (nSPS) is 9.94. The van der Waals surface area contributed by atoms with Crippen LogP contribution in [0.5, 0.6) is 5.75 Å². The summed E-state index contributed by atoms with van der Waals surface area (Å²) >= 11 is 0. The summed E-state index contributed by atoms with van der Waals surface area (Å²) in [5.41, 5.74) is 6.66. The van der Waals surface area contributed by atoms with E-state index in [1.54, 1.807) is 31.6 Å². The minimum absolute atomic E-state index is 0.424. The van der Waals surface area contributed by atoms with Crippen molar-refractivity contribution in [3.05, 3.63) is 54.4 Å². The maximum absolute atomic E-state index is 10.9. The number of ether oxygens (including phenoxy) is 1. The molecular weight excluding hydrogens is 216 g/mol. The maximum atomic E-state index is 10.9. The molecule has 2 aromatic rings. The van der Waals surface area contributed by atoms with Gasteiger partial charge in [-0.25, -0.2) is 0 Å². The van der Waals surface area contributed by atoms with Gasteiger partial charge >= 0.3 is 0 Å². The molecule has 0 fully saturated rings. The van der Waals surface area contributed by atoms with Crippen LogP contribution in [-0.2, 0) is 0 Å². The van der Waals surface area contributed by atoms with Gasteiger partial charge in [0, 0.05) is 24.3 Å². The van der Waals surface area contributed by atoms with Crippen molar-refractivity contribution in [1.29, 1.82) is 0 Å². The van der Waals surface area contributed by atoms with Crippen molar-refractivity contribution in [2.75, 3.05) is 7.11 Å². The van der Waals surface area contributed by atoms with E-state index in [9.17, 15) is 4.79 Å². The first-order chi connectivity index (χ1) is 8.20. The monoisotopic (exact) mass is 229 g/mol. The van der Waals surface area contributed by atoms with Crippen LogP contribution in [0.2, 0.25) is 0 Å². The molecule has 0 bridgehead atoms. The molecule has 2 N–H and O–H groups in total. The topological polar surface area (TPSA) is 56.2 Å². The molecule has 0 atom stereocenters. The first kappa shape index (κ1) is 11.1. The number of nitrogens with zero attached hydrogens (tertiary/aromatic N) is 1. The molecular formula is C13H13N2O2+. The third kappa shape index (κ3) is 2.42. The Bertz CT molecular complexity index is 518. The fourth-order valence-electron chi connectivity index (χ4n) is 1.52. The van der Waals surface area contributed by atoms with Gasteiger partial charge in [-0.2, -0.15) is 4.57 Å². The number of carbonyl (C=O) groups is 1. The van der Waals surface area contributed by atoms with Gasteiger partial charge in [-0.1, -0.05) is 0 Å². The highest BCUT2D eigenvalue weighted by atomic mass is 16.5. The van der Waals surface area contributed by atoms with Crippen molar-refractivity contribution in [2.24, 2.45) is 5.73 Å². The minimum atomic E-state index is -0.424. The van der Waals surface area contributed by atoms with Gasteiger partial charge in [-0.15, -0.1) is 0 Å². The predicted molar refractivity (Wildman–Crippen MR) is 63.0 cm³/mol. The first-order valence-corrected chi connectivity index (χ1v) is 5.16. The number of nitrogens with two attached hydrogens (primary N) is 1. The molecule has 0 spiro atoms. The number of rotatable bonds is 3. The van der Waals surface area contributed by atoms with Crippen LogP contribution in [0.1, 0.15) is 10.4 Å². The molecule has 2 rings (SSSR count). The second kappa shape index (κ2) is 4.65. The van der Waals surface area contributed by atoms with Crippen LogP contribution in [0.3, 0.4) is 0 Å². The van der Waals surface area contributed by atoms with Crippen LogP contribution in [0, 0.1) is 0 Å². The summed E-state index contributed by atoms with van der Waals surface area (Å²) in [5, 5.41) is 0. The lowest BCUT2D eigenvalue weighted by Crippen LogP contribution is -2.30. The Labute approximate surface area is 99.3 Å². The second-order valence-electron chi connectivity index (χ2n) is 3.56. The zero-order valence-corrected chi connectivity index (χ0v) is 9.46. The van der Waals surface area contributed by atoms with Crippen molar-refractivity contribution in [3.8, 4) is 11.4 Å². The van der Waals surface area contributed by atoms with Gasteiger partial charge in [0.15, 0.2) is 12.4 Å². The summed E-state index contributed by atoms with van der Waals surface area (Å²) in [5.74, 6) is 0.384. The van der Waals surface area contributed by atoms with E-state index in [2.05, 4.69) is 0 Å². The number of hydrogen-bond donors (Lipinski definition) is 1. The average molecular weight is 229 g/mol. The van der Waals surface area contributed by atoms with Crippen LogP contribution < -0.4 is 15.0 Å². The van der Waals surface area contributed by atoms with Gasteiger partial charge in [-0.05, 0) is 12.1 Å². The van der Waals surface area contributed by atoms with E-state index in [1.807, 2.05) is 28.8 Å². The highest BCUT2D eigenvalue weighted by molar-refractivity contribution is 5.92. The number of methoxy groups -OCH3 is 1. The third-order valence-electron chi connectivity index (χ3n) is 2.48. The zero-order valence-electron chi connectivity index (χ0n) is 9.46. The fourth-order valence-corrected chi connectivity index (χ4v) is 1.52. The van der Waals surface area contributed by atoms with Crippen LogP contribution >= 0.6 is 0 Å². The fraction of sp³-hybridized carbons (Fsp3) is 0.0769. The summed E-state index contributed by atoms with van der Waals surface area (Å²) in [4.78, 5) is 10.9. The van der Waals surface area contributed by atoms with Gasteiger partial charge in [0.2, 0.25) is 11.6 Å². The maximum Gasteiger partial charge on any atom is 0.249 e. The molecule has 0 radical (unpaired) electrons. The van der Waals surface area contributed by atoms with Gasteiger partial charge in [-0.3, -0.25) is 4.79 Å². The Morgan fingerprint density at radius 3 is 2.18 bits per heavy atom. The molecule has 86 valence electrons. The van der Waals surface area contributed by atoms with Gasteiger partial charge < -0.3 is 10.5 Å². The molecule has 0 unspecified atom stereocenters. The molecule has 0 saturated carbocycles. The van der Waals surface area contributed by atoms with E-state index in [-0.39, 0.29) is 0 Å². The highest BCUT2D eigenvalue weighted by Crippen LogP contribution is 2.10. The SMILES string of the molecule is COc1ccc(-[n+]2ccc(C(N)=O)cc2)cc1. The Kier molecular flexibility index (Phi) is 3.05. The van der Waals surface area contributed by atoms with E-state index in [0.717, 1.165) is 11.4 Å². The summed E-state index contributed by atoms with van der Waals surface area (Å²) in [6.45, 7) is 0. The molecule has 17 heavy (non-hydrogen) atoms. The third-order valence-corrected chi connectivity index (χ3v) is 2.48. The number of benzene rings is 1. The average Bonchev–Trinajstić information content (AvgIpc) is 2.39. The molecule has 4 heteroatoms. The van der Waals surface area contributed by atoms with Crippen molar-refractivity contribution in [1.82, 2.24) is 0 Å². The summed E-state index contributed by atoms with van der Waals surface area (Å²) in [6, 6.07) is 11.0. The molecule has 0 saturated heterocycles. The number of primary amides is 1. The van der Waals surface area contributed by atoms with Crippen molar-refractivity contribution < 1.29 is 14.1 Å². The molecule has 0 aliphatic rings. The van der Waals surface area contributed by atoms with Crippen molar-refractivity contribution in [2.45, 2.75) is 0 Å². The number of pyridine rings is 1. The lowest BCUT2D eigenvalue weighted by atomic mass is 10.2. The number of aromatic nitrogens is 1. The van der Waals surface area contributed by atoms with Crippen LogP contribution in [0.15, 0.2) is 48.8 Å². The Hall–Kier alpha value is -2.36. The molecule has 1 heterocycles. The van der Waals surface area contributed by atoms with E-state index in [1.165, 1.54) is 0 Å². The van der Waals surface area contributed by atoms with Gasteiger partial charge in [0.1, 0.15) is 5.75 Å². The largest absolute Gasteiger partial charge is 0.497 e. The quantitative estimate of drug-likeness (QED) is 0.800. The molecule has 4 nitrogen and oxygen atoms in total. The second-order valence-corrected chi connectivity index (χ2v) is 3.56. The summed E-state index contributed by atoms with van der Waals surface area (Å²) in [7, 11) is 1.63. The summed E-state index contributed by atoms with van der Waals surface area (Å²) in [6.07, 6.45) is 3.59. The highest BCUT2D eigenvalue weighted by Gasteiger charge is 2.07. The Morgan fingerprint density at radius 1 is 1.12 bits per heavy atom. The molecule has 0 aliphatic carbocycles. The zero-order chi connectivity index (χ0) is 12.3. The molecule has 1 amide bonds. The minimum Gasteiger partial charge on any atom is -0.497 e. The number of amides is 1. The van der Waals surface area contributed by atoms with Crippen molar-refractivity contribution in [3.63, 3.8) is 0 Å². The smallest absolute Gasteiger partial charge is 0.249 e. The van der Waals surface area contributed by atoms with Crippen LogP contribution in [-0.4, -0.2) is 13.0 Å². The standard InChI is InChI=1S/C13H12N2O2/c1-17-12-4-2-11(3-5-12)15-8-6-10(7-9-15)13(14)16/h2-9H,1H3,(H-,14,16)/p+1. The van der Waals surface area contributed by atoms with E-state index in [4.69, 9.17) is 10.5 Å². The summed E-state index contributed by atoms with van der Waals surface area (Å²) < 4.78 is 6.98. The van der Waals surface area contributed by atoms with E-state index >= 15 is 0 Å². The first-order valence-electron chi connectivity index (χ1n) is 5.16. The number of carbonyl (C=O) groups excluding carboxylic acids is 1. The van der Waals surface area contributed by atoms with Crippen LogP contribution in [0.25, 0.3) is 5.69 Å². The van der Waals surface area contributed by atoms with Gasteiger partial charge in [0.25, 0.3) is 0 Å². The predicted octanol–water partition coefficient (Wildman–Crippen LogP) is 1.07. The lowest BCUT2D eigenvalue weighted by molar-refractivity contribution is -0.595. The van der Waals surface area contributed by atoms with Gasteiger partial charge in [0.05, 0.1) is 12.7 Å². The Morgan fingerprint density at radius 2 is 1.71 bits per heavy atom. The molecule has 0 aliphatic heterocycles. The number of hydrogen-bond acceptors (Lipinski definition) is 2. The van der Waals surface area contributed by atoms with Crippen molar-refractivity contribution >= 4 is 5.91 Å². The molecule has 1 aromatic carbocycles. The Balaban J connectivity index is 2.29.